The first-order valence-corrected chi connectivity index (χ1v) is 8.22. The molecule has 0 amide bonds. The van der Waals surface area contributed by atoms with E-state index in [1.54, 1.807) is 0 Å². The van der Waals surface area contributed by atoms with Gasteiger partial charge in [-0.2, -0.15) is 0 Å². The SMILES string of the molecule is [2H]c1c([2H])c2c(c([2H])c1CC(=O)O)/C(=C\CCN(C)C)c1ccccc1CO2. The zero-order valence-electron chi connectivity index (χ0n) is 17.4. The van der Waals surface area contributed by atoms with Crippen molar-refractivity contribution in [3.05, 3.63) is 70.7 Å². The standard InChI is InChI=1S/C21H23NO3/c1-22(2)11-5-8-18-17-7-4-3-6-16(17)14-25-20-10-9-15(12-19(18)20)13-21(23)24/h3-4,6-10,12H,5,11,13-14H2,1-2H3,(H,23,24)/b18-8-/i9D,10D,12D. The molecule has 0 bridgehead atoms. The summed E-state index contributed by atoms with van der Waals surface area (Å²) >= 11 is 0. The largest absolute Gasteiger partial charge is 0.488 e. The Morgan fingerprint density at radius 1 is 1.32 bits per heavy atom. The van der Waals surface area contributed by atoms with Crippen molar-refractivity contribution < 1.29 is 18.8 Å². The highest BCUT2D eigenvalue weighted by molar-refractivity contribution is 5.85. The van der Waals surface area contributed by atoms with Crippen molar-refractivity contribution in [3.8, 4) is 5.75 Å². The lowest BCUT2D eigenvalue weighted by molar-refractivity contribution is -0.136. The molecule has 2 aromatic rings. The minimum atomic E-state index is -1.13. The molecule has 1 aliphatic heterocycles. The lowest BCUT2D eigenvalue weighted by Gasteiger charge is -2.13. The summed E-state index contributed by atoms with van der Waals surface area (Å²) in [5.41, 5.74) is 3.04. The molecule has 130 valence electrons. The smallest absolute Gasteiger partial charge is 0.307 e. The topological polar surface area (TPSA) is 49.8 Å². The Morgan fingerprint density at radius 2 is 2.12 bits per heavy atom. The van der Waals surface area contributed by atoms with Crippen molar-refractivity contribution in [3.63, 3.8) is 0 Å². The summed E-state index contributed by atoms with van der Waals surface area (Å²) < 4.78 is 31.1. The average Bonchev–Trinajstić information content (AvgIpc) is 2.81. The first-order chi connectivity index (χ1) is 13.3. The molecule has 0 fully saturated rings. The monoisotopic (exact) mass is 340 g/mol. The van der Waals surface area contributed by atoms with Gasteiger partial charge < -0.3 is 14.7 Å². The third-order valence-corrected chi connectivity index (χ3v) is 4.03. The molecule has 3 rings (SSSR count). The van der Waals surface area contributed by atoms with Gasteiger partial charge in [-0.15, -0.1) is 0 Å². The van der Waals surface area contributed by atoms with Crippen LogP contribution >= 0.6 is 0 Å². The van der Waals surface area contributed by atoms with Crippen LogP contribution in [0.4, 0.5) is 0 Å². The Labute approximate surface area is 152 Å². The number of rotatable bonds is 5. The number of hydrogen-bond donors (Lipinski definition) is 1. The quantitative estimate of drug-likeness (QED) is 0.904. The second-order valence-corrected chi connectivity index (χ2v) is 6.28. The molecule has 0 saturated carbocycles. The van der Waals surface area contributed by atoms with Crippen LogP contribution in [0.25, 0.3) is 5.57 Å². The Kier molecular flexibility index (Phi) is 4.12. The normalized spacial score (nSPS) is 16.3. The molecule has 0 atom stereocenters. The van der Waals surface area contributed by atoms with E-state index in [4.69, 9.17) is 8.85 Å². The maximum absolute atomic E-state index is 11.3. The summed E-state index contributed by atoms with van der Waals surface area (Å²) in [6, 6.07) is 7.22. The van der Waals surface area contributed by atoms with Crippen LogP contribution in [0, 0.1) is 0 Å². The van der Waals surface area contributed by atoms with Gasteiger partial charge in [0.15, 0.2) is 0 Å². The van der Waals surface area contributed by atoms with E-state index in [2.05, 4.69) is 4.90 Å². The predicted molar refractivity (Wildman–Crippen MR) is 98.8 cm³/mol. The summed E-state index contributed by atoms with van der Waals surface area (Å²) in [6.45, 7) is 1.04. The van der Waals surface area contributed by atoms with Crippen molar-refractivity contribution in [1.82, 2.24) is 4.90 Å². The van der Waals surface area contributed by atoms with E-state index in [0.29, 0.717) is 5.56 Å². The predicted octanol–water partition coefficient (Wildman–Crippen LogP) is 3.59. The number of carbonyl (C=O) groups is 1. The number of carboxylic acid groups (broad SMARTS) is 1. The number of carboxylic acids is 1. The molecule has 1 aliphatic rings. The van der Waals surface area contributed by atoms with Crippen LogP contribution < -0.4 is 4.74 Å². The fourth-order valence-electron chi connectivity index (χ4n) is 2.84. The molecular weight excluding hydrogens is 314 g/mol. The summed E-state index contributed by atoms with van der Waals surface area (Å²) in [4.78, 5) is 13.3. The van der Waals surface area contributed by atoms with Crippen LogP contribution in [0.3, 0.4) is 0 Å². The molecule has 0 radical (unpaired) electrons. The Morgan fingerprint density at radius 3 is 2.88 bits per heavy atom. The third kappa shape index (κ3) is 4.09. The minimum absolute atomic E-state index is 0.0396. The molecule has 0 spiro atoms. The first kappa shape index (κ1) is 13.7. The summed E-state index contributed by atoms with van der Waals surface area (Å²) in [7, 11) is 3.96. The molecule has 2 aromatic carbocycles. The van der Waals surface area contributed by atoms with Crippen LogP contribution in [0.5, 0.6) is 5.75 Å². The molecule has 25 heavy (non-hydrogen) atoms. The highest BCUT2D eigenvalue weighted by Gasteiger charge is 2.19. The van der Waals surface area contributed by atoms with E-state index < -0.39 is 12.4 Å². The number of benzene rings is 2. The van der Waals surface area contributed by atoms with Crippen molar-refractivity contribution in [2.24, 2.45) is 0 Å². The lowest BCUT2D eigenvalue weighted by atomic mass is 9.92. The van der Waals surface area contributed by atoms with Crippen LogP contribution in [0.2, 0.25) is 0 Å². The van der Waals surface area contributed by atoms with Gasteiger partial charge in [-0.05, 0) is 54.9 Å². The third-order valence-electron chi connectivity index (χ3n) is 4.03. The Hall–Kier alpha value is -2.59. The molecule has 0 aromatic heterocycles. The fourth-order valence-corrected chi connectivity index (χ4v) is 2.84. The number of hydrogen-bond acceptors (Lipinski definition) is 3. The van der Waals surface area contributed by atoms with Gasteiger partial charge in [0.05, 0.1) is 10.5 Å². The molecular formula is C21H23NO3. The second-order valence-electron chi connectivity index (χ2n) is 6.28. The van der Waals surface area contributed by atoms with Gasteiger partial charge in [0.2, 0.25) is 0 Å². The van der Waals surface area contributed by atoms with Crippen molar-refractivity contribution in [2.45, 2.75) is 19.4 Å². The summed E-state index contributed by atoms with van der Waals surface area (Å²) in [6.07, 6.45) is 2.27. The van der Waals surface area contributed by atoms with Crippen LogP contribution in [-0.2, 0) is 17.8 Å². The molecule has 0 saturated heterocycles. The van der Waals surface area contributed by atoms with Crippen molar-refractivity contribution in [1.29, 1.82) is 0 Å². The van der Waals surface area contributed by atoms with Gasteiger partial charge in [-0.25, -0.2) is 0 Å². The first-order valence-electron chi connectivity index (χ1n) is 9.72. The van der Waals surface area contributed by atoms with E-state index in [-0.39, 0.29) is 36.0 Å². The van der Waals surface area contributed by atoms with Gasteiger partial charge in [0, 0.05) is 12.1 Å². The van der Waals surface area contributed by atoms with E-state index in [1.807, 2.05) is 44.4 Å². The highest BCUT2D eigenvalue weighted by Crippen LogP contribution is 2.37. The number of ether oxygens (including phenoxy) is 1. The zero-order valence-corrected chi connectivity index (χ0v) is 14.4. The van der Waals surface area contributed by atoms with E-state index >= 15 is 0 Å². The van der Waals surface area contributed by atoms with E-state index in [1.165, 1.54) is 0 Å². The Balaban J connectivity index is 2.27. The summed E-state index contributed by atoms with van der Waals surface area (Å²) in [5.74, 6) is -0.953. The molecule has 0 unspecified atom stereocenters. The maximum atomic E-state index is 11.3. The van der Waals surface area contributed by atoms with Crippen molar-refractivity contribution in [2.75, 3.05) is 20.6 Å². The van der Waals surface area contributed by atoms with Crippen LogP contribution in [0.1, 0.15) is 32.8 Å². The molecule has 1 N–H and O–H groups in total. The van der Waals surface area contributed by atoms with E-state index in [9.17, 15) is 9.90 Å². The van der Waals surface area contributed by atoms with Crippen LogP contribution in [-0.4, -0.2) is 36.6 Å². The highest BCUT2D eigenvalue weighted by atomic mass is 16.5. The van der Waals surface area contributed by atoms with Gasteiger partial charge in [-0.1, -0.05) is 36.4 Å². The molecule has 1 heterocycles. The zero-order chi connectivity index (χ0) is 20.4. The van der Waals surface area contributed by atoms with Gasteiger partial charge in [-0.3, -0.25) is 4.79 Å². The molecule has 0 aliphatic carbocycles. The van der Waals surface area contributed by atoms with Gasteiger partial charge in [0.25, 0.3) is 0 Å². The second kappa shape index (κ2) is 7.53. The maximum Gasteiger partial charge on any atom is 0.307 e. The minimum Gasteiger partial charge on any atom is -0.488 e. The fraction of sp³-hybridized carbons (Fsp3) is 0.286. The number of aliphatic carboxylic acids is 1. The van der Waals surface area contributed by atoms with E-state index in [0.717, 1.165) is 29.7 Å². The van der Waals surface area contributed by atoms with Gasteiger partial charge >= 0.3 is 5.97 Å². The number of nitrogens with zero attached hydrogens (tertiary/aromatic N) is 1. The molecule has 4 nitrogen and oxygen atoms in total. The lowest BCUT2D eigenvalue weighted by Crippen LogP contribution is -2.12. The Bertz CT molecular complexity index is 954. The van der Waals surface area contributed by atoms with Crippen LogP contribution in [0.15, 0.2) is 48.5 Å². The summed E-state index contributed by atoms with van der Waals surface area (Å²) in [5, 5.41) is 9.21. The number of fused-ring (bicyclic) bond motifs is 2. The van der Waals surface area contributed by atoms with Gasteiger partial charge in [0.1, 0.15) is 12.4 Å². The molecule has 4 heteroatoms. The van der Waals surface area contributed by atoms with Crippen molar-refractivity contribution >= 4 is 11.5 Å². The average molecular weight is 340 g/mol.